The second-order valence-electron chi connectivity index (χ2n) is 5.68. The highest BCUT2D eigenvalue weighted by atomic mass is 32.1. The van der Waals surface area contributed by atoms with Gasteiger partial charge in [-0.25, -0.2) is 9.97 Å². The van der Waals surface area contributed by atoms with E-state index in [9.17, 15) is 4.79 Å². The van der Waals surface area contributed by atoms with Gasteiger partial charge in [-0.1, -0.05) is 18.2 Å². The van der Waals surface area contributed by atoms with Gasteiger partial charge in [0.1, 0.15) is 15.7 Å². The first kappa shape index (κ1) is 15.5. The predicted molar refractivity (Wildman–Crippen MR) is 98.7 cm³/mol. The van der Waals surface area contributed by atoms with Crippen molar-refractivity contribution in [1.82, 2.24) is 19.7 Å². The Bertz CT molecular complexity index is 1080. The van der Waals surface area contributed by atoms with Gasteiger partial charge < -0.3 is 5.32 Å². The number of hydrogen-bond donors (Lipinski definition) is 1. The number of para-hydroxylation sites is 1. The van der Waals surface area contributed by atoms with Crippen molar-refractivity contribution in [2.24, 2.45) is 7.05 Å². The molecule has 0 atom stereocenters. The Hall–Kier alpha value is -3.06. The molecule has 1 amide bonds. The highest BCUT2D eigenvalue weighted by Gasteiger charge is 2.17. The summed E-state index contributed by atoms with van der Waals surface area (Å²) in [4.78, 5) is 22.2. The topological polar surface area (TPSA) is 72.7 Å². The third-order valence-electron chi connectivity index (χ3n) is 3.79. The summed E-state index contributed by atoms with van der Waals surface area (Å²) in [7, 11) is 1.85. The molecule has 0 radical (unpaired) electrons. The van der Waals surface area contributed by atoms with Gasteiger partial charge >= 0.3 is 0 Å². The number of nitrogens with one attached hydrogen (secondary N) is 1. The molecule has 1 N–H and O–H groups in total. The SMILES string of the molecule is Cc1nc(-c2cnn(C)c2)sc1C(=O)Nc1ccc2ccccc2n1. The predicted octanol–water partition coefficient (Wildman–Crippen LogP) is 3.65. The summed E-state index contributed by atoms with van der Waals surface area (Å²) >= 11 is 1.35. The smallest absolute Gasteiger partial charge is 0.268 e. The van der Waals surface area contributed by atoms with E-state index in [4.69, 9.17) is 0 Å². The summed E-state index contributed by atoms with van der Waals surface area (Å²) in [6, 6.07) is 11.5. The van der Waals surface area contributed by atoms with Gasteiger partial charge in [-0.2, -0.15) is 5.10 Å². The van der Waals surface area contributed by atoms with Crippen LogP contribution >= 0.6 is 11.3 Å². The van der Waals surface area contributed by atoms with E-state index < -0.39 is 0 Å². The molecule has 0 spiro atoms. The molecule has 0 aliphatic carbocycles. The molecule has 0 aliphatic heterocycles. The van der Waals surface area contributed by atoms with E-state index in [-0.39, 0.29) is 5.91 Å². The minimum atomic E-state index is -0.201. The van der Waals surface area contributed by atoms with E-state index in [1.165, 1.54) is 11.3 Å². The zero-order chi connectivity index (χ0) is 17.4. The number of hydrogen-bond acceptors (Lipinski definition) is 5. The molecule has 0 unspecified atom stereocenters. The Balaban J connectivity index is 1.61. The number of pyridine rings is 1. The molecule has 1 aromatic carbocycles. The number of aryl methyl sites for hydroxylation is 2. The van der Waals surface area contributed by atoms with Crippen LogP contribution < -0.4 is 5.32 Å². The van der Waals surface area contributed by atoms with Crippen LogP contribution in [0.4, 0.5) is 5.82 Å². The third kappa shape index (κ3) is 3.01. The molecule has 6 nitrogen and oxygen atoms in total. The Labute approximate surface area is 148 Å². The van der Waals surface area contributed by atoms with Crippen molar-refractivity contribution in [1.29, 1.82) is 0 Å². The number of thiazole rings is 1. The van der Waals surface area contributed by atoms with Crippen LogP contribution in [0.1, 0.15) is 15.4 Å². The van der Waals surface area contributed by atoms with Crippen LogP contribution in [0.15, 0.2) is 48.8 Å². The van der Waals surface area contributed by atoms with E-state index in [2.05, 4.69) is 20.4 Å². The average Bonchev–Trinajstić information content (AvgIpc) is 3.20. The van der Waals surface area contributed by atoms with Gasteiger partial charge in [0.25, 0.3) is 5.91 Å². The van der Waals surface area contributed by atoms with Crippen molar-refractivity contribution in [3.05, 3.63) is 59.4 Å². The number of nitrogens with zero attached hydrogens (tertiary/aromatic N) is 4. The lowest BCUT2D eigenvalue weighted by molar-refractivity contribution is 0.102. The summed E-state index contributed by atoms with van der Waals surface area (Å²) in [5.41, 5.74) is 2.44. The van der Waals surface area contributed by atoms with Crippen molar-refractivity contribution in [2.45, 2.75) is 6.92 Å². The summed E-state index contributed by atoms with van der Waals surface area (Å²) in [5, 5.41) is 8.82. The molecule has 4 aromatic rings. The Morgan fingerprint density at radius 3 is 2.80 bits per heavy atom. The summed E-state index contributed by atoms with van der Waals surface area (Å²) in [5.74, 6) is 0.326. The third-order valence-corrected chi connectivity index (χ3v) is 5.00. The Morgan fingerprint density at radius 1 is 1.16 bits per heavy atom. The lowest BCUT2D eigenvalue weighted by atomic mass is 10.2. The number of carbonyl (C=O) groups excluding carboxylic acids is 1. The maximum atomic E-state index is 12.6. The fourth-order valence-electron chi connectivity index (χ4n) is 2.57. The van der Waals surface area contributed by atoms with Gasteiger partial charge in [0, 0.05) is 24.2 Å². The van der Waals surface area contributed by atoms with Crippen molar-refractivity contribution in [2.75, 3.05) is 5.32 Å². The number of amides is 1. The van der Waals surface area contributed by atoms with Crippen molar-refractivity contribution >= 4 is 34.0 Å². The van der Waals surface area contributed by atoms with E-state index in [0.29, 0.717) is 16.4 Å². The summed E-state index contributed by atoms with van der Waals surface area (Å²) in [6.07, 6.45) is 3.62. The standard InChI is InChI=1S/C18H15N5OS/c1-11-16(25-18(20-11)13-9-19-23(2)10-13)17(24)22-15-8-7-12-5-3-4-6-14(12)21-15/h3-10H,1-2H3,(H,21,22,24). The second-order valence-corrected chi connectivity index (χ2v) is 6.68. The fourth-order valence-corrected chi connectivity index (χ4v) is 3.51. The van der Waals surface area contributed by atoms with E-state index in [0.717, 1.165) is 21.5 Å². The molecule has 124 valence electrons. The molecule has 4 rings (SSSR count). The molecule has 7 heteroatoms. The second kappa shape index (κ2) is 6.10. The van der Waals surface area contributed by atoms with Crippen LogP contribution in [0.3, 0.4) is 0 Å². The minimum absolute atomic E-state index is 0.201. The van der Waals surface area contributed by atoms with Gasteiger partial charge in [0.05, 0.1) is 17.4 Å². The highest BCUT2D eigenvalue weighted by Crippen LogP contribution is 2.28. The maximum Gasteiger partial charge on any atom is 0.268 e. The van der Waals surface area contributed by atoms with Crippen LogP contribution in [-0.2, 0) is 7.05 Å². The number of carbonyl (C=O) groups is 1. The maximum absolute atomic E-state index is 12.6. The first-order valence-corrected chi connectivity index (χ1v) is 8.55. The van der Waals surface area contributed by atoms with Crippen LogP contribution in [-0.4, -0.2) is 25.7 Å². The molecule has 0 bridgehead atoms. The summed E-state index contributed by atoms with van der Waals surface area (Å²) < 4.78 is 1.71. The zero-order valence-corrected chi connectivity index (χ0v) is 14.5. The van der Waals surface area contributed by atoms with Crippen molar-refractivity contribution in [3.8, 4) is 10.6 Å². The monoisotopic (exact) mass is 349 g/mol. The van der Waals surface area contributed by atoms with Crippen molar-refractivity contribution < 1.29 is 4.79 Å². The number of anilines is 1. The first-order chi connectivity index (χ1) is 12.1. The highest BCUT2D eigenvalue weighted by molar-refractivity contribution is 7.17. The minimum Gasteiger partial charge on any atom is -0.306 e. The molecular formula is C18H15N5OS. The van der Waals surface area contributed by atoms with E-state index in [1.54, 1.807) is 16.9 Å². The van der Waals surface area contributed by atoms with Gasteiger partial charge in [-0.3, -0.25) is 9.48 Å². The normalized spacial score (nSPS) is 11.0. The average molecular weight is 349 g/mol. The van der Waals surface area contributed by atoms with Crippen molar-refractivity contribution in [3.63, 3.8) is 0 Å². The van der Waals surface area contributed by atoms with E-state index in [1.807, 2.05) is 50.5 Å². The molecule has 3 aromatic heterocycles. The lowest BCUT2D eigenvalue weighted by Crippen LogP contribution is -2.12. The van der Waals surface area contributed by atoms with Crippen LogP contribution in [0.2, 0.25) is 0 Å². The Morgan fingerprint density at radius 2 is 2.00 bits per heavy atom. The molecule has 0 saturated heterocycles. The van der Waals surface area contributed by atoms with Gasteiger partial charge in [-0.05, 0) is 25.1 Å². The lowest BCUT2D eigenvalue weighted by Gasteiger charge is -2.04. The van der Waals surface area contributed by atoms with Crippen LogP contribution in [0.5, 0.6) is 0 Å². The first-order valence-electron chi connectivity index (χ1n) is 7.74. The molecule has 25 heavy (non-hydrogen) atoms. The molecule has 0 fully saturated rings. The Kier molecular flexibility index (Phi) is 3.77. The quantitative estimate of drug-likeness (QED) is 0.613. The number of benzene rings is 1. The zero-order valence-electron chi connectivity index (χ0n) is 13.7. The molecule has 0 aliphatic rings. The molecule has 3 heterocycles. The number of fused-ring (bicyclic) bond motifs is 1. The number of rotatable bonds is 3. The fraction of sp³-hybridized carbons (Fsp3) is 0.111. The van der Waals surface area contributed by atoms with Crippen LogP contribution in [0, 0.1) is 6.92 Å². The largest absolute Gasteiger partial charge is 0.306 e. The van der Waals surface area contributed by atoms with Gasteiger partial charge in [-0.15, -0.1) is 11.3 Å². The molecule has 0 saturated carbocycles. The van der Waals surface area contributed by atoms with Gasteiger partial charge in [0.2, 0.25) is 0 Å². The van der Waals surface area contributed by atoms with E-state index >= 15 is 0 Å². The summed E-state index contributed by atoms with van der Waals surface area (Å²) in [6.45, 7) is 1.83. The van der Waals surface area contributed by atoms with Crippen LogP contribution in [0.25, 0.3) is 21.5 Å². The molecular weight excluding hydrogens is 334 g/mol. The van der Waals surface area contributed by atoms with Gasteiger partial charge in [0.15, 0.2) is 0 Å². The number of aromatic nitrogens is 4.